The van der Waals surface area contributed by atoms with Crippen molar-refractivity contribution in [2.75, 3.05) is 0 Å². The second-order valence-corrected chi connectivity index (χ2v) is 3.42. The Bertz CT molecular complexity index is 189. The molecule has 4 nitrogen and oxygen atoms in total. The van der Waals surface area contributed by atoms with Gasteiger partial charge < -0.3 is 16.9 Å². The first-order valence-corrected chi connectivity index (χ1v) is 4.61. The Morgan fingerprint density at radius 3 is 2.38 bits per heavy atom. The third-order valence-corrected chi connectivity index (χ3v) is 1.76. The largest absolute Gasteiger partial charge is 0.328 e. The second-order valence-electron chi connectivity index (χ2n) is 3.42. The first kappa shape index (κ1) is 12.3. The van der Waals surface area contributed by atoms with Gasteiger partial charge in [-0.2, -0.15) is 0 Å². The van der Waals surface area contributed by atoms with Gasteiger partial charge in [-0.1, -0.05) is 13.3 Å². The van der Waals surface area contributed by atoms with Gasteiger partial charge in [0, 0.05) is 12.5 Å². The summed E-state index contributed by atoms with van der Waals surface area (Å²) >= 11 is 0. The molecular weight excluding hydrogens is 166 g/mol. The molecule has 76 valence electrons. The molecule has 2 atom stereocenters. The SMILES string of the molecule is CCC[C@H](N)C(=O)C(=N)C[C@H](C)N. The Morgan fingerprint density at radius 2 is 2.00 bits per heavy atom. The summed E-state index contributed by atoms with van der Waals surface area (Å²) in [6, 6.07) is -0.665. The van der Waals surface area contributed by atoms with Gasteiger partial charge in [0.1, 0.15) is 0 Å². The van der Waals surface area contributed by atoms with Crippen molar-refractivity contribution in [3.63, 3.8) is 0 Å². The van der Waals surface area contributed by atoms with Crippen LogP contribution in [0.3, 0.4) is 0 Å². The molecule has 0 rings (SSSR count). The first-order valence-electron chi connectivity index (χ1n) is 4.61. The molecule has 0 fully saturated rings. The van der Waals surface area contributed by atoms with Crippen LogP contribution in [-0.2, 0) is 4.79 Å². The molecule has 0 radical (unpaired) electrons. The van der Waals surface area contributed by atoms with E-state index in [4.69, 9.17) is 16.9 Å². The van der Waals surface area contributed by atoms with Crippen LogP contribution in [0.25, 0.3) is 0 Å². The van der Waals surface area contributed by atoms with Gasteiger partial charge in [0.2, 0.25) is 0 Å². The fourth-order valence-corrected chi connectivity index (χ4v) is 1.09. The molecule has 4 heteroatoms. The van der Waals surface area contributed by atoms with Crippen molar-refractivity contribution in [2.24, 2.45) is 11.5 Å². The highest BCUT2D eigenvalue weighted by atomic mass is 16.1. The normalized spacial score (nSPS) is 15.1. The Kier molecular flexibility index (Phi) is 5.50. The minimum absolute atomic E-state index is 0.0518. The van der Waals surface area contributed by atoms with Crippen LogP contribution in [0.5, 0.6) is 0 Å². The third-order valence-electron chi connectivity index (χ3n) is 1.76. The molecule has 0 spiro atoms. The topological polar surface area (TPSA) is 93.0 Å². The van der Waals surface area contributed by atoms with E-state index in [-0.39, 0.29) is 17.5 Å². The van der Waals surface area contributed by atoms with E-state index < -0.39 is 6.04 Å². The fourth-order valence-electron chi connectivity index (χ4n) is 1.09. The molecule has 0 aromatic rings. The van der Waals surface area contributed by atoms with Gasteiger partial charge in [-0.15, -0.1) is 0 Å². The Labute approximate surface area is 79.2 Å². The zero-order valence-corrected chi connectivity index (χ0v) is 8.34. The number of nitrogens with two attached hydrogens (primary N) is 2. The lowest BCUT2D eigenvalue weighted by molar-refractivity contribution is -0.114. The first-order chi connectivity index (χ1) is 5.99. The van der Waals surface area contributed by atoms with Gasteiger partial charge in [0.25, 0.3) is 0 Å². The number of rotatable bonds is 6. The third kappa shape index (κ3) is 4.75. The van der Waals surface area contributed by atoms with Crippen LogP contribution < -0.4 is 11.5 Å². The van der Waals surface area contributed by atoms with E-state index in [0.29, 0.717) is 12.8 Å². The highest BCUT2D eigenvalue weighted by Crippen LogP contribution is 1.99. The average molecular weight is 185 g/mol. The highest BCUT2D eigenvalue weighted by Gasteiger charge is 2.18. The van der Waals surface area contributed by atoms with Crippen LogP contribution in [0.15, 0.2) is 0 Å². The molecule has 0 aliphatic heterocycles. The molecule has 0 amide bonds. The molecule has 0 saturated carbocycles. The lowest BCUT2D eigenvalue weighted by Crippen LogP contribution is -2.37. The predicted molar refractivity (Wildman–Crippen MR) is 53.9 cm³/mol. The van der Waals surface area contributed by atoms with Gasteiger partial charge >= 0.3 is 0 Å². The van der Waals surface area contributed by atoms with Gasteiger partial charge in [-0.3, -0.25) is 4.79 Å². The monoisotopic (exact) mass is 185 g/mol. The molecule has 0 unspecified atom stereocenters. The van der Waals surface area contributed by atoms with E-state index in [0.717, 1.165) is 6.42 Å². The van der Waals surface area contributed by atoms with Gasteiger partial charge in [0.15, 0.2) is 5.78 Å². The van der Waals surface area contributed by atoms with Gasteiger partial charge in [-0.25, -0.2) is 0 Å². The number of hydrogen-bond acceptors (Lipinski definition) is 4. The van der Waals surface area contributed by atoms with Crippen molar-refractivity contribution < 1.29 is 4.79 Å². The maximum Gasteiger partial charge on any atom is 0.192 e. The van der Waals surface area contributed by atoms with E-state index in [1.165, 1.54) is 0 Å². The summed E-state index contributed by atoms with van der Waals surface area (Å²) in [4.78, 5) is 11.4. The van der Waals surface area contributed by atoms with Crippen LogP contribution in [0.4, 0.5) is 0 Å². The summed E-state index contributed by atoms with van der Waals surface area (Å²) in [6.07, 6.45) is 1.81. The number of hydrogen-bond donors (Lipinski definition) is 3. The Hall–Kier alpha value is -0.740. The number of nitrogens with one attached hydrogen (secondary N) is 1. The summed E-state index contributed by atoms with van der Waals surface area (Å²) in [5.41, 5.74) is 11.1. The fraction of sp³-hybridized carbons (Fsp3) is 0.778. The van der Waals surface area contributed by atoms with Crippen LogP contribution >= 0.6 is 0 Å². The standard InChI is InChI=1S/C9H19N3O/c1-3-4-7(11)9(13)8(12)5-6(2)10/h6-7,12H,3-5,10-11H2,1-2H3/t6-,7-/m0/s1. The molecular formula is C9H19N3O. The lowest BCUT2D eigenvalue weighted by Gasteiger charge is -2.11. The van der Waals surface area contributed by atoms with E-state index >= 15 is 0 Å². The number of carbonyl (C=O) groups excluding carboxylic acids is 1. The van der Waals surface area contributed by atoms with Crippen molar-refractivity contribution in [1.29, 1.82) is 5.41 Å². The van der Waals surface area contributed by atoms with Crippen molar-refractivity contribution in [3.05, 3.63) is 0 Å². The molecule has 13 heavy (non-hydrogen) atoms. The molecule has 0 aliphatic rings. The van der Waals surface area contributed by atoms with Crippen molar-refractivity contribution in [2.45, 2.75) is 45.2 Å². The zero-order chi connectivity index (χ0) is 10.4. The molecule has 0 saturated heterocycles. The maximum absolute atomic E-state index is 11.4. The number of Topliss-reactive ketones (excluding diaryl/α,β-unsaturated/α-hetero) is 1. The molecule has 0 aliphatic carbocycles. The van der Waals surface area contributed by atoms with Crippen molar-refractivity contribution in [1.82, 2.24) is 0 Å². The van der Waals surface area contributed by atoms with E-state index in [9.17, 15) is 4.79 Å². The highest BCUT2D eigenvalue weighted by molar-refractivity contribution is 6.40. The van der Waals surface area contributed by atoms with Gasteiger partial charge in [-0.05, 0) is 13.3 Å². The Morgan fingerprint density at radius 1 is 1.46 bits per heavy atom. The van der Waals surface area contributed by atoms with Crippen LogP contribution in [0.2, 0.25) is 0 Å². The van der Waals surface area contributed by atoms with Crippen LogP contribution in [0.1, 0.15) is 33.1 Å². The maximum atomic E-state index is 11.4. The average Bonchev–Trinajstić information content (AvgIpc) is 2.02. The summed E-state index contributed by atoms with van der Waals surface area (Å²) < 4.78 is 0. The quantitative estimate of drug-likeness (QED) is 0.524. The lowest BCUT2D eigenvalue weighted by atomic mass is 10.0. The zero-order valence-electron chi connectivity index (χ0n) is 8.34. The smallest absolute Gasteiger partial charge is 0.192 e. The molecule has 5 N–H and O–H groups in total. The summed E-state index contributed by atoms with van der Waals surface area (Å²) in [7, 11) is 0. The number of carbonyl (C=O) groups is 1. The summed E-state index contributed by atoms with van der Waals surface area (Å²) in [5.74, 6) is -0.265. The molecule has 0 bridgehead atoms. The summed E-state index contributed by atoms with van der Waals surface area (Å²) in [5, 5.41) is 7.42. The minimum Gasteiger partial charge on any atom is -0.328 e. The van der Waals surface area contributed by atoms with Gasteiger partial charge in [0.05, 0.1) is 11.8 Å². The van der Waals surface area contributed by atoms with E-state index in [1.807, 2.05) is 6.92 Å². The number of ketones is 1. The molecule has 0 heterocycles. The van der Waals surface area contributed by atoms with E-state index in [2.05, 4.69) is 0 Å². The Balaban J connectivity index is 4.02. The van der Waals surface area contributed by atoms with E-state index in [1.54, 1.807) is 6.92 Å². The second kappa shape index (κ2) is 5.83. The molecule has 0 aromatic carbocycles. The summed E-state index contributed by atoms with van der Waals surface area (Å²) in [6.45, 7) is 3.73. The predicted octanol–water partition coefficient (Wildman–Crippen LogP) is 0.440. The van der Waals surface area contributed by atoms with Crippen LogP contribution in [-0.4, -0.2) is 23.6 Å². The van der Waals surface area contributed by atoms with Crippen LogP contribution in [0, 0.1) is 5.41 Å². The van der Waals surface area contributed by atoms with Crippen molar-refractivity contribution >= 4 is 11.5 Å². The molecule has 0 aromatic heterocycles. The van der Waals surface area contributed by atoms with Crippen molar-refractivity contribution in [3.8, 4) is 0 Å². The minimum atomic E-state index is -0.517.